The van der Waals surface area contributed by atoms with Gasteiger partial charge in [-0.15, -0.1) is 0 Å². The molecular weight excluding hydrogens is 351 g/mol. The van der Waals surface area contributed by atoms with E-state index in [2.05, 4.69) is 33.9 Å². The van der Waals surface area contributed by atoms with Crippen molar-refractivity contribution in [2.75, 3.05) is 13.2 Å². The van der Waals surface area contributed by atoms with E-state index < -0.39 is 18.4 Å². The number of ether oxygens (including phenoxy) is 1. The first-order valence-electron chi connectivity index (χ1n) is 8.53. The summed E-state index contributed by atoms with van der Waals surface area (Å²) in [6.45, 7) is 16.6. The van der Waals surface area contributed by atoms with Crippen molar-refractivity contribution in [3.8, 4) is 0 Å². The van der Waals surface area contributed by atoms with Crippen LogP contribution in [0.2, 0.25) is 13.3 Å². The van der Waals surface area contributed by atoms with Crippen molar-refractivity contribution in [3.63, 3.8) is 0 Å². The molecule has 20 heavy (non-hydrogen) atoms. The molecule has 0 radical (unpaired) electrons. The predicted octanol–water partition coefficient (Wildman–Crippen LogP) is 6.13. The first kappa shape index (κ1) is 20.2. The van der Waals surface area contributed by atoms with Gasteiger partial charge in [-0.3, -0.25) is 0 Å². The minimum atomic E-state index is -2.22. The van der Waals surface area contributed by atoms with Gasteiger partial charge in [0.1, 0.15) is 0 Å². The Balaban J connectivity index is 4.80. The normalized spacial score (nSPS) is 11.6. The number of hydrogen-bond donors (Lipinski definition) is 0. The van der Waals surface area contributed by atoms with E-state index in [4.69, 9.17) is 4.74 Å². The first-order valence-corrected chi connectivity index (χ1v) is 16.0. The summed E-state index contributed by atoms with van der Waals surface area (Å²) in [5.74, 6) is 0. The van der Waals surface area contributed by atoms with Gasteiger partial charge in [-0.2, -0.15) is 0 Å². The molecule has 0 heterocycles. The molecule has 0 amide bonds. The SMILES string of the molecule is C=CCOC[C](=C)[Sn]([CH2]CCC)([CH2]CCC)[CH2]CCC. The molecule has 0 aromatic rings. The van der Waals surface area contributed by atoms with Crippen LogP contribution in [0.5, 0.6) is 0 Å². The van der Waals surface area contributed by atoms with E-state index in [0.29, 0.717) is 6.61 Å². The Hall–Kier alpha value is 0.239. The van der Waals surface area contributed by atoms with Gasteiger partial charge in [-0.25, -0.2) is 0 Å². The van der Waals surface area contributed by atoms with Gasteiger partial charge in [0, 0.05) is 0 Å². The van der Waals surface area contributed by atoms with Crippen LogP contribution >= 0.6 is 0 Å². The van der Waals surface area contributed by atoms with Crippen molar-refractivity contribution < 1.29 is 4.74 Å². The van der Waals surface area contributed by atoms with Crippen LogP contribution < -0.4 is 0 Å². The second-order valence-corrected chi connectivity index (χ2v) is 19.6. The molecule has 118 valence electrons. The Morgan fingerprint density at radius 2 is 1.40 bits per heavy atom. The van der Waals surface area contributed by atoms with Gasteiger partial charge in [-0.05, 0) is 0 Å². The van der Waals surface area contributed by atoms with Crippen molar-refractivity contribution in [3.05, 3.63) is 22.8 Å². The molecule has 0 rings (SSSR count). The maximum atomic E-state index is 5.73. The van der Waals surface area contributed by atoms with E-state index in [9.17, 15) is 0 Å². The average Bonchev–Trinajstić information content (AvgIpc) is 2.47. The molecule has 0 aromatic heterocycles. The Bertz CT molecular complexity index is 238. The van der Waals surface area contributed by atoms with Crippen molar-refractivity contribution in [1.82, 2.24) is 0 Å². The van der Waals surface area contributed by atoms with Crippen molar-refractivity contribution in [2.45, 2.75) is 72.6 Å². The predicted molar refractivity (Wildman–Crippen MR) is 95.1 cm³/mol. The third-order valence-electron chi connectivity index (χ3n) is 4.29. The van der Waals surface area contributed by atoms with Crippen LogP contribution in [0.4, 0.5) is 0 Å². The van der Waals surface area contributed by atoms with Crippen molar-refractivity contribution >= 4 is 18.4 Å². The molecule has 0 aliphatic rings. The third-order valence-corrected chi connectivity index (χ3v) is 20.2. The molecule has 0 fully saturated rings. The van der Waals surface area contributed by atoms with E-state index in [1.807, 2.05) is 6.08 Å². The van der Waals surface area contributed by atoms with E-state index >= 15 is 0 Å². The third kappa shape index (κ3) is 7.87. The van der Waals surface area contributed by atoms with Crippen LogP contribution in [0.3, 0.4) is 0 Å². The fourth-order valence-corrected chi connectivity index (χ4v) is 18.0. The standard InChI is InChI=1S/C6H9O.3C4H9.Sn/c1-3-5-7-6-4-2;3*1-3-4-2;/h3H,1-2,5-6H2;3*1,3-4H2,2H3;. The summed E-state index contributed by atoms with van der Waals surface area (Å²) in [5, 5.41) is 0. The molecule has 0 aliphatic carbocycles. The molecule has 1 nitrogen and oxygen atoms in total. The number of unbranched alkanes of at least 4 members (excludes halogenated alkanes) is 3. The van der Waals surface area contributed by atoms with Crippen LogP contribution in [-0.2, 0) is 4.74 Å². The summed E-state index contributed by atoms with van der Waals surface area (Å²) in [6.07, 6.45) is 9.97. The number of hydrogen-bond acceptors (Lipinski definition) is 1. The fraction of sp³-hybridized carbons (Fsp3) is 0.778. The Labute approximate surface area is 131 Å². The summed E-state index contributed by atoms with van der Waals surface area (Å²) in [7, 11) is 0. The van der Waals surface area contributed by atoms with Crippen LogP contribution in [0.1, 0.15) is 59.3 Å². The van der Waals surface area contributed by atoms with Crippen LogP contribution in [0.15, 0.2) is 22.8 Å². The molecule has 0 spiro atoms. The van der Waals surface area contributed by atoms with Gasteiger partial charge in [0.05, 0.1) is 0 Å². The summed E-state index contributed by atoms with van der Waals surface area (Å²) < 4.78 is 11.7. The van der Waals surface area contributed by atoms with Crippen LogP contribution in [0.25, 0.3) is 0 Å². The average molecular weight is 387 g/mol. The van der Waals surface area contributed by atoms with Crippen LogP contribution in [0, 0.1) is 0 Å². The first-order chi connectivity index (χ1) is 9.66. The quantitative estimate of drug-likeness (QED) is 0.198. The zero-order valence-electron chi connectivity index (χ0n) is 14.2. The second kappa shape index (κ2) is 12.9. The zero-order chi connectivity index (χ0) is 15.3. The monoisotopic (exact) mass is 388 g/mol. The molecular formula is C18H36OSn. The summed E-state index contributed by atoms with van der Waals surface area (Å²) in [4.78, 5) is 0. The Morgan fingerprint density at radius 3 is 1.75 bits per heavy atom. The van der Waals surface area contributed by atoms with Gasteiger partial charge in [0.25, 0.3) is 0 Å². The van der Waals surface area contributed by atoms with E-state index in [1.54, 1.807) is 0 Å². The van der Waals surface area contributed by atoms with Crippen molar-refractivity contribution in [2.24, 2.45) is 0 Å². The van der Waals surface area contributed by atoms with Crippen molar-refractivity contribution in [1.29, 1.82) is 0 Å². The molecule has 0 unspecified atom stereocenters. The molecule has 0 saturated carbocycles. The molecule has 0 bridgehead atoms. The van der Waals surface area contributed by atoms with Gasteiger partial charge in [-0.1, -0.05) is 0 Å². The summed E-state index contributed by atoms with van der Waals surface area (Å²) in [6, 6.07) is 0. The molecule has 0 aliphatic heterocycles. The van der Waals surface area contributed by atoms with E-state index in [1.165, 1.54) is 55.4 Å². The topological polar surface area (TPSA) is 9.23 Å². The maximum absolute atomic E-state index is 5.73. The van der Waals surface area contributed by atoms with E-state index in [-0.39, 0.29) is 0 Å². The Morgan fingerprint density at radius 1 is 0.950 bits per heavy atom. The van der Waals surface area contributed by atoms with Gasteiger partial charge in [0.2, 0.25) is 0 Å². The fourth-order valence-electron chi connectivity index (χ4n) is 2.87. The second-order valence-electron chi connectivity index (χ2n) is 6.00. The van der Waals surface area contributed by atoms with E-state index in [0.717, 1.165) is 6.61 Å². The van der Waals surface area contributed by atoms with Crippen LogP contribution in [-0.4, -0.2) is 31.6 Å². The molecule has 0 saturated heterocycles. The summed E-state index contributed by atoms with van der Waals surface area (Å²) >= 11 is -2.22. The summed E-state index contributed by atoms with van der Waals surface area (Å²) in [5.41, 5.74) is 0. The number of rotatable bonds is 14. The Kier molecular flexibility index (Phi) is 13.1. The molecule has 2 heteroatoms. The van der Waals surface area contributed by atoms with Gasteiger partial charge < -0.3 is 0 Å². The molecule has 0 aromatic carbocycles. The zero-order valence-corrected chi connectivity index (χ0v) is 17.0. The van der Waals surface area contributed by atoms with Gasteiger partial charge >= 0.3 is 132 Å². The van der Waals surface area contributed by atoms with Gasteiger partial charge in [0.15, 0.2) is 0 Å². The minimum absolute atomic E-state index is 0.663. The molecule has 0 N–H and O–H groups in total. The molecule has 0 atom stereocenters.